The summed E-state index contributed by atoms with van der Waals surface area (Å²) in [4.78, 5) is 0. The van der Waals surface area contributed by atoms with Gasteiger partial charge in [-0.15, -0.1) is 0 Å². The van der Waals surface area contributed by atoms with Crippen LogP contribution in [0.1, 0.15) is 32.4 Å². The van der Waals surface area contributed by atoms with Gasteiger partial charge in [-0.1, -0.05) is 19.9 Å². The first kappa shape index (κ1) is 15.5. The fourth-order valence-corrected chi connectivity index (χ4v) is 2.20. The molecule has 1 aromatic carbocycles. The molecule has 0 amide bonds. The first-order valence-corrected chi connectivity index (χ1v) is 8.18. The highest BCUT2D eigenvalue weighted by Crippen LogP contribution is 2.25. The normalized spacial score (nSPS) is 11.9. The Kier molecular flexibility index (Phi) is 4.32. The van der Waals surface area contributed by atoms with Crippen LogP contribution in [0.5, 0.6) is 5.88 Å². The number of aromatic nitrogens is 2. The van der Waals surface area contributed by atoms with Crippen LogP contribution in [0.25, 0.3) is 5.69 Å². The zero-order chi connectivity index (χ0) is 15.6. The molecule has 0 saturated heterocycles. The van der Waals surface area contributed by atoms with Crippen molar-refractivity contribution in [3.05, 3.63) is 41.8 Å². The Labute approximate surface area is 123 Å². The summed E-state index contributed by atoms with van der Waals surface area (Å²) in [7, 11) is -3.68. The molecule has 0 aliphatic carbocycles. The van der Waals surface area contributed by atoms with E-state index >= 15 is 0 Å². The highest BCUT2D eigenvalue weighted by atomic mass is 32.2. The van der Waals surface area contributed by atoms with E-state index in [-0.39, 0.29) is 17.6 Å². The Morgan fingerprint density at radius 3 is 2.62 bits per heavy atom. The molecule has 0 aliphatic rings. The van der Waals surface area contributed by atoms with E-state index in [0.717, 1.165) is 0 Å². The number of halogens is 1. The van der Waals surface area contributed by atoms with Gasteiger partial charge in [0.15, 0.2) is 0 Å². The van der Waals surface area contributed by atoms with Gasteiger partial charge in [-0.05, 0) is 31.0 Å². The van der Waals surface area contributed by atoms with E-state index in [9.17, 15) is 12.8 Å². The van der Waals surface area contributed by atoms with Crippen LogP contribution in [-0.4, -0.2) is 24.0 Å². The van der Waals surface area contributed by atoms with Crippen molar-refractivity contribution >= 4 is 10.1 Å². The van der Waals surface area contributed by atoms with Gasteiger partial charge in [0.1, 0.15) is 5.82 Å². The van der Waals surface area contributed by atoms with Crippen molar-refractivity contribution < 1.29 is 17.0 Å². The molecule has 0 N–H and O–H groups in total. The Bertz CT molecular complexity index is 738. The maximum Gasteiger partial charge on any atom is 0.310 e. The van der Waals surface area contributed by atoms with Crippen molar-refractivity contribution in [1.29, 1.82) is 0 Å². The molecule has 0 bridgehead atoms. The zero-order valence-electron chi connectivity index (χ0n) is 12.1. The minimum Gasteiger partial charge on any atom is -0.361 e. The van der Waals surface area contributed by atoms with Gasteiger partial charge in [0.2, 0.25) is 5.88 Å². The predicted octanol–water partition coefficient (Wildman–Crippen LogP) is 2.86. The highest BCUT2D eigenvalue weighted by molar-refractivity contribution is 7.87. The summed E-state index contributed by atoms with van der Waals surface area (Å²) in [6, 6.07) is 7.29. The molecule has 0 spiro atoms. The summed E-state index contributed by atoms with van der Waals surface area (Å²) in [5, 5.41) is 4.30. The van der Waals surface area contributed by atoms with E-state index in [1.807, 2.05) is 13.8 Å². The van der Waals surface area contributed by atoms with Gasteiger partial charge >= 0.3 is 10.1 Å². The van der Waals surface area contributed by atoms with Crippen LogP contribution in [0.2, 0.25) is 0 Å². The number of rotatable bonds is 5. The second-order valence-corrected chi connectivity index (χ2v) is 6.74. The van der Waals surface area contributed by atoms with Crippen LogP contribution in [0, 0.1) is 5.82 Å². The van der Waals surface area contributed by atoms with Crippen LogP contribution >= 0.6 is 0 Å². The molecule has 2 aromatic rings. The maximum absolute atomic E-state index is 13.4. The second kappa shape index (κ2) is 5.85. The van der Waals surface area contributed by atoms with E-state index in [2.05, 4.69) is 5.10 Å². The quantitative estimate of drug-likeness (QED) is 0.797. The minimum atomic E-state index is -3.68. The van der Waals surface area contributed by atoms with E-state index < -0.39 is 15.9 Å². The van der Waals surface area contributed by atoms with Gasteiger partial charge in [-0.3, -0.25) is 0 Å². The third kappa shape index (κ3) is 3.60. The van der Waals surface area contributed by atoms with Gasteiger partial charge in [-0.2, -0.15) is 18.2 Å². The van der Waals surface area contributed by atoms with Crippen molar-refractivity contribution in [2.45, 2.75) is 26.7 Å². The van der Waals surface area contributed by atoms with Crippen LogP contribution in [0.15, 0.2) is 30.3 Å². The lowest BCUT2D eigenvalue weighted by Crippen LogP contribution is -2.14. The number of hydrogen-bond donors (Lipinski definition) is 0. The topological polar surface area (TPSA) is 61.2 Å². The Balaban J connectivity index is 2.53. The smallest absolute Gasteiger partial charge is 0.310 e. The molecule has 0 radical (unpaired) electrons. The van der Waals surface area contributed by atoms with Crippen LogP contribution < -0.4 is 4.18 Å². The molecule has 7 heteroatoms. The fourth-order valence-electron chi connectivity index (χ4n) is 1.70. The lowest BCUT2D eigenvalue weighted by molar-refractivity contribution is 0.466. The fraction of sp³-hybridized carbons (Fsp3) is 0.357. The van der Waals surface area contributed by atoms with Gasteiger partial charge in [0, 0.05) is 6.07 Å². The average Bonchev–Trinajstić information content (AvgIpc) is 2.82. The summed E-state index contributed by atoms with van der Waals surface area (Å²) in [5.41, 5.74) is 1.07. The second-order valence-electron chi connectivity index (χ2n) is 4.88. The Hall–Kier alpha value is -1.89. The Morgan fingerprint density at radius 1 is 1.33 bits per heavy atom. The van der Waals surface area contributed by atoms with E-state index in [1.165, 1.54) is 29.8 Å². The lowest BCUT2D eigenvalue weighted by atomic mass is 10.1. The van der Waals surface area contributed by atoms with Gasteiger partial charge in [-0.25, -0.2) is 4.39 Å². The zero-order valence-corrected chi connectivity index (χ0v) is 12.9. The molecule has 2 rings (SSSR count). The number of nitrogens with zero attached hydrogens (tertiary/aromatic N) is 2. The number of benzene rings is 1. The highest BCUT2D eigenvalue weighted by Gasteiger charge is 2.18. The first-order chi connectivity index (χ1) is 9.82. The van der Waals surface area contributed by atoms with Crippen molar-refractivity contribution in [3.8, 4) is 11.6 Å². The van der Waals surface area contributed by atoms with Gasteiger partial charge < -0.3 is 4.18 Å². The summed E-state index contributed by atoms with van der Waals surface area (Å²) in [6.45, 7) is 5.34. The molecule has 0 atom stereocenters. The minimum absolute atomic E-state index is 0.0613. The van der Waals surface area contributed by atoms with Crippen LogP contribution in [0.3, 0.4) is 0 Å². The molecule has 1 heterocycles. The molecule has 1 aromatic heterocycles. The van der Waals surface area contributed by atoms with Crippen molar-refractivity contribution in [2.75, 3.05) is 5.75 Å². The predicted molar refractivity (Wildman–Crippen MR) is 77.7 cm³/mol. The molecule has 0 unspecified atom stereocenters. The van der Waals surface area contributed by atoms with Gasteiger partial charge in [0.05, 0.1) is 17.1 Å². The largest absolute Gasteiger partial charge is 0.361 e. The van der Waals surface area contributed by atoms with E-state index in [1.54, 1.807) is 12.1 Å². The van der Waals surface area contributed by atoms with Crippen LogP contribution in [-0.2, 0) is 10.1 Å². The maximum atomic E-state index is 13.4. The monoisotopic (exact) mass is 312 g/mol. The molecule has 114 valence electrons. The molecule has 5 nitrogen and oxygen atoms in total. The van der Waals surface area contributed by atoms with E-state index in [4.69, 9.17) is 4.18 Å². The summed E-state index contributed by atoms with van der Waals surface area (Å²) >= 11 is 0. The SMILES string of the molecule is CCS(=O)(=O)Oc1cc(C(C)C)nn1-c1cccc(F)c1. The Morgan fingerprint density at radius 2 is 2.05 bits per heavy atom. The molecule has 21 heavy (non-hydrogen) atoms. The number of hydrogen-bond acceptors (Lipinski definition) is 4. The standard InChI is InChI=1S/C14H17FN2O3S/c1-4-21(18,19)20-14-9-13(10(2)3)16-17(14)12-7-5-6-11(15)8-12/h5-10H,4H2,1-3H3. The van der Waals surface area contributed by atoms with Crippen molar-refractivity contribution in [1.82, 2.24) is 9.78 Å². The molecule has 0 fully saturated rings. The molecular weight excluding hydrogens is 295 g/mol. The third-order valence-corrected chi connectivity index (χ3v) is 4.04. The lowest BCUT2D eigenvalue weighted by Gasteiger charge is -2.08. The first-order valence-electron chi connectivity index (χ1n) is 6.60. The van der Waals surface area contributed by atoms with Gasteiger partial charge in [0.25, 0.3) is 0 Å². The molecular formula is C14H17FN2O3S. The van der Waals surface area contributed by atoms with Crippen LogP contribution in [0.4, 0.5) is 4.39 Å². The summed E-state index contributed by atoms with van der Waals surface area (Å²) in [5.74, 6) is -0.436. The van der Waals surface area contributed by atoms with Crippen molar-refractivity contribution in [2.24, 2.45) is 0 Å². The van der Waals surface area contributed by atoms with E-state index in [0.29, 0.717) is 11.4 Å². The van der Waals surface area contributed by atoms with Crippen molar-refractivity contribution in [3.63, 3.8) is 0 Å². The summed E-state index contributed by atoms with van der Waals surface area (Å²) < 4.78 is 43.0. The molecule has 0 saturated carbocycles. The average molecular weight is 312 g/mol. The third-order valence-electron chi connectivity index (χ3n) is 2.91. The summed E-state index contributed by atoms with van der Waals surface area (Å²) in [6.07, 6.45) is 0. The molecule has 0 aliphatic heterocycles.